The molecule has 84 valence electrons. The van der Waals surface area contributed by atoms with Gasteiger partial charge in [0.05, 0.1) is 5.52 Å². The number of H-pyrrole nitrogens is 1. The van der Waals surface area contributed by atoms with Crippen LogP contribution in [0.3, 0.4) is 0 Å². The number of hydrogen-bond donors (Lipinski definition) is 1. The van der Waals surface area contributed by atoms with Crippen LogP contribution in [0.15, 0.2) is 57.7 Å². The Morgan fingerprint density at radius 2 is 1.82 bits per heavy atom. The van der Waals surface area contributed by atoms with E-state index in [9.17, 15) is 4.79 Å². The van der Waals surface area contributed by atoms with Crippen LogP contribution in [0.5, 0.6) is 0 Å². The van der Waals surface area contributed by atoms with Gasteiger partial charge in [0.2, 0.25) is 0 Å². The summed E-state index contributed by atoms with van der Waals surface area (Å²) in [5.74, 6) is -0.406. The molecule has 0 atom stereocenters. The molecular formula is C14H11NO2. The number of hydrogen-bond acceptors (Lipinski definition) is 2. The maximum absolute atomic E-state index is 11.0. The lowest BCUT2D eigenvalue weighted by molar-refractivity contribution is 0.555. The lowest BCUT2D eigenvalue weighted by Gasteiger charge is -2.01. The van der Waals surface area contributed by atoms with Crippen molar-refractivity contribution in [2.24, 2.45) is 0 Å². The Labute approximate surface area is 97.7 Å². The molecule has 17 heavy (non-hydrogen) atoms. The molecule has 1 heterocycles. The first-order valence-electron chi connectivity index (χ1n) is 5.47. The van der Waals surface area contributed by atoms with Crippen molar-refractivity contribution < 1.29 is 4.42 Å². The van der Waals surface area contributed by atoms with Crippen LogP contribution in [0, 0.1) is 0 Å². The Kier molecular flexibility index (Phi) is 2.29. The zero-order valence-corrected chi connectivity index (χ0v) is 9.14. The molecule has 2 aromatic carbocycles. The molecular weight excluding hydrogens is 214 g/mol. The molecule has 0 aliphatic rings. The molecule has 3 rings (SSSR count). The summed E-state index contributed by atoms with van der Waals surface area (Å²) in [6.07, 6.45) is 0.851. The molecule has 0 radical (unpaired) electrons. The normalized spacial score (nSPS) is 10.8. The average Bonchev–Trinajstić information content (AvgIpc) is 2.70. The number of benzene rings is 2. The van der Waals surface area contributed by atoms with Gasteiger partial charge in [-0.3, -0.25) is 4.98 Å². The van der Waals surface area contributed by atoms with Crippen LogP contribution in [0.25, 0.3) is 11.1 Å². The van der Waals surface area contributed by atoms with Gasteiger partial charge in [-0.15, -0.1) is 0 Å². The van der Waals surface area contributed by atoms with E-state index in [1.165, 1.54) is 5.56 Å². The van der Waals surface area contributed by atoms with Crippen LogP contribution in [0.1, 0.15) is 11.1 Å². The lowest BCUT2D eigenvalue weighted by atomic mass is 10.0. The molecule has 0 spiro atoms. The Morgan fingerprint density at radius 1 is 1.00 bits per heavy atom. The first-order valence-corrected chi connectivity index (χ1v) is 5.47. The second kappa shape index (κ2) is 3.94. The first kappa shape index (κ1) is 9.90. The van der Waals surface area contributed by atoms with Gasteiger partial charge < -0.3 is 4.42 Å². The number of nitrogens with one attached hydrogen (secondary N) is 1. The van der Waals surface area contributed by atoms with Crippen LogP contribution >= 0.6 is 0 Å². The molecule has 0 amide bonds. The highest BCUT2D eigenvalue weighted by molar-refractivity contribution is 5.72. The van der Waals surface area contributed by atoms with Crippen molar-refractivity contribution in [1.82, 2.24) is 4.98 Å². The number of aromatic amines is 1. The summed E-state index contributed by atoms with van der Waals surface area (Å²) in [7, 11) is 0. The fourth-order valence-electron chi connectivity index (χ4n) is 1.94. The molecule has 3 aromatic rings. The smallest absolute Gasteiger partial charge is 0.408 e. The standard InChI is InChI=1S/C14H11NO2/c16-14-15-12-9-11(6-7-13(12)17-14)8-10-4-2-1-3-5-10/h1-7,9H,8H2,(H,15,16). The van der Waals surface area contributed by atoms with Crippen molar-refractivity contribution in [1.29, 1.82) is 0 Å². The van der Waals surface area contributed by atoms with Crippen molar-refractivity contribution in [3.8, 4) is 0 Å². The van der Waals surface area contributed by atoms with Gasteiger partial charge in [-0.2, -0.15) is 0 Å². The van der Waals surface area contributed by atoms with Gasteiger partial charge >= 0.3 is 5.76 Å². The minimum atomic E-state index is -0.406. The fraction of sp³-hybridized carbons (Fsp3) is 0.0714. The Balaban J connectivity index is 1.98. The predicted octanol–water partition coefficient (Wildman–Crippen LogP) is 2.71. The van der Waals surface area contributed by atoms with Crippen molar-refractivity contribution in [3.63, 3.8) is 0 Å². The van der Waals surface area contributed by atoms with E-state index < -0.39 is 5.76 Å². The van der Waals surface area contributed by atoms with Crippen LogP contribution in [-0.2, 0) is 6.42 Å². The summed E-state index contributed by atoms with van der Waals surface area (Å²) >= 11 is 0. The van der Waals surface area contributed by atoms with Crippen LogP contribution in [0.4, 0.5) is 0 Å². The number of aromatic nitrogens is 1. The van der Waals surface area contributed by atoms with Gasteiger partial charge in [-0.1, -0.05) is 36.4 Å². The highest BCUT2D eigenvalue weighted by atomic mass is 16.4. The fourth-order valence-corrected chi connectivity index (χ4v) is 1.94. The monoisotopic (exact) mass is 225 g/mol. The van der Waals surface area contributed by atoms with Crippen molar-refractivity contribution in [2.45, 2.75) is 6.42 Å². The van der Waals surface area contributed by atoms with Crippen molar-refractivity contribution in [3.05, 3.63) is 70.2 Å². The van der Waals surface area contributed by atoms with E-state index in [4.69, 9.17) is 4.42 Å². The van der Waals surface area contributed by atoms with E-state index in [0.29, 0.717) is 5.58 Å². The van der Waals surface area contributed by atoms with Gasteiger partial charge in [-0.05, 0) is 29.7 Å². The number of rotatable bonds is 2. The van der Waals surface area contributed by atoms with E-state index in [-0.39, 0.29) is 0 Å². The van der Waals surface area contributed by atoms with Gasteiger partial charge in [0.15, 0.2) is 5.58 Å². The quantitative estimate of drug-likeness (QED) is 0.728. The molecule has 3 nitrogen and oxygen atoms in total. The first-order chi connectivity index (χ1) is 8.31. The maximum Gasteiger partial charge on any atom is 0.417 e. The van der Waals surface area contributed by atoms with Crippen molar-refractivity contribution >= 4 is 11.1 Å². The number of oxazole rings is 1. The predicted molar refractivity (Wildman–Crippen MR) is 66.1 cm³/mol. The van der Waals surface area contributed by atoms with Gasteiger partial charge in [0.25, 0.3) is 0 Å². The Bertz CT molecular complexity index is 695. The van der Waals surface area contributed by atoms with Gasteiger partial charge in [0, 0.05) is 0 Å². The third-order valence-corrected chi connectivity index (χ3v) is 2.73. The van der Waals surface area contributed by atoms with Crippen LogP contribution in [-0.4, -0.2) is 4.98 Å². The molecule has 1 aromatic heterocycles. The molecule has 1 N–H and O–H groups in total. The molecule has 0 saturated carbocycles. The summed E-state index contributed by atoms with van der Waals surface area (Å²) in [5.41, 5.74) is 3.76. The second-order valence-corrected chi connectivity index (χ2v) is 4.01. The maximum atomic E-state index is 11.0. The Hall–Kier alpha value is -2.29. The lowest BCUT2D eigenvalue weighted by Crippen LogP contribution is -1.93. The third kappa shape index (κ3) is 1.99. The van der Waals surface area contributed by atoms with E-state index in [0.717, 1.165) is 17.5 Å². The zero-order valence-electron chi connectivity index (χ0n) is 9.14. The summed E-state index contributed by atoms with van der Waals surface area (Å²) in [5, 5.41) is 0. The molecule has 3 heteroatoms. The molecule has 0 aliphatic carbocycles. The zero-order chi connectivity index (χ0) is 11.7. The van der Waals surface area contributed by atoms with Gasteiger partial charge in [0.1, 0.15) is 0 Å². The summed E-state index contributed by atoms with van der Waals surface area (Å²) in [6.45, 7) is 0. The molecule has 0 bridgehead atoms. The molecule has 0 aliphatic heterocycles. The molecule has 0 saturated heterocycles. The largest absolute Gasteiger partial charge is 0.417 e. The number of fused-ring (bicyclic) bond motifs is 1. The SMILES string of the molecule is O=c1[nH]c2cc(Cc3ccccc3)ccc2o1. The van der Waals surface area contributed by atoms with E-state index >= 15 is 0 Å². The van der Waals surface area contributed by atoms with E-state index in [2.05, 4.69) is 17.1 Å². The molecule has 0 unspecified atom stereocenters. The topological polar surface area (TPSA) is 46.0 Å². The van der Waals surface area contributed by atoms with Crippen molar-refractivity contribution in [2.75, 3.05) is 0 Å². The highest BCUT2D eigenvalue weighted by Gasteiger charge is 2.02. The second-order valence-electron chi connectivity index (χ2n) is 4.01. The van der Waals surface area contributed by atoms with Gasteiger partial charge in [-0.25, -0.2) is 4.79 Å². The molecule has 0 fully saturated rings. The summed E-state index contributed by atoms with van der Waals surface area (Å²) in [4.78, 5) is 13.7. The van der Waals surface area contributed by atoms with E-state index in [1.54, 1.807) is 0 Å². The minimum absolute atomic E-state index is 0.406. The minimum Gasteiger partial charge on any atom is -0.408 e. The van der Waals surface area contributed by atoms with E-state index in [1.807, 2.05) is 36.4 Å². The summed E-state index contributed by atoms with van der Waals surface area (Å²) in [6, 6.07) is 16.0. The van der Waals surface area contributed by atoms with Crippen LogP contribution < -0.4 is 5.76 Å². The highest BCUT2D eigenvalue weighted by Crippen LogP contribution is 2.15. The van der Waals surface area contributed by atoms with Crippen LogP contribution in [0.2, 0.25) is 0 Å². The third-order valence-electron chi connectivity index (χ3n) is 2.73. The summed E-state index contributed by atoms with van der Waals surface area (Å²) < 4.78 is 4.96. The Morgan fingerprint density at radius 3 is 2.65 bits per heavy atom. The average molecular weight is 225 g/mol.